The lowest BCUT2D eigenvalue weighted by Crippen LogP contribution is -2.31. The Labute approximate surface area is 82.4 Å². The van der Waals surface area contributed by atoms with E-state index in [1.54, 1.807) is 18.2 Å². The van der Waals surface area contributed by atoms with E-state index in [4.69, 9.17) is 9.68 Å². The summed E-state index contributed by atoms with van der Waals surface area (Å²) in [6, 6.07) is 4.97. The topological polar surface area (TPSA) is 83.1 Å². The molecule has 0 amide bonds. The monoisotopic (exact) mass is 214 g/mol. The standard InChI is InChI=1S/C8H10N2O3S/c1-7(5-9)14(11,12)10-6-8-3-2-4-13-8/h2-4,7,10H,6H2,1H3. The SMILES string of the molecule is CC(C#N)S(=O)(=O)NCc1ccco1. The van der Waals surface area contributed by atoms with E-state index in [0.29, 0.717) is 5.76 Å². The zero-order valence-electron chi connectivity index (χ0n) is 7.60. The Morgan fingerprint density at radius 2 is 2.43 bits per heavy atom. The van der Waals surface area contributed by atoms with Crippen molar-refractivity contribution in [2.75, 3.05) is 0 Å². The fourth-order valence-electron chi connectivity index (χ4n) is 0.779. The maximum atomic E-state index is 11.3. The van der Waals surface area contributed by atoms with Gasteiger partial charge >= 0.3 is 0 Å². The van der Waals surface area contributed by atoms with Crippen molar-refractivity contribution in [3.63, 3.8) is 0 Å². The summed E-state index contributed by atoms with van der Waals surface area (Å²) in [6.45, 7) is 1.39. The molecule has 0 radical (unpaired) electrons. The smallest absolute Gasteiger partial charge is 0.228 e. The van der Waals surface area contributed by atoms with Crippen LogP contribution >= 0.6 is 0 Å². The Balaban J connectivity index is 2.58. The highest BCUT2D eigenvalue weighted by Crippen LogP contribution is 2.02. The third-order valence-corrected chi connectivity index (χ3v) is 3.26. The van der Waals surface area contributed by atoms with E-state index in [9.17, 15) is 8.42 Å². The lowest BCUT2D eigenvalue weighted by Gasteiger charge is -2.05. The first-order chi connectivity index (χ1) is 6.56. The predicted molar refractivity (Wildman–Crippen MR) is 49.5 cm³/mol. The van der Waals surface area contributed by atoms with Crippen molar-refractivity contribution in [2.45, 2.75) is 18.7 Å². The highest BCUT2D eigenvalue weighted by atomic mass is 32.2. The maximum Gasteiger partial charge on any atom is 0.228 e. The van der Waals surface area contributed by atoms with Gasteiger partial charge in [-0.3, -0.25) is 0 Å². The molecule has 0 aromatic carbocycles. The molecule has 0 aliphatic carbocycles. The predicted octanol–water partition coefficient (Wildman–Crippen LogP) is 0.611. The molecule has 0 aliphatic rings. The quantitative estimate of drug-likeness (QED) is 0.796. The summed E-state index contributed by atoms with van der Waals surface area (Å²) in [5.41, 5.74) is 0. The Bertz CT molecular complexity index is 416. The summed E-state index contributed by atoms with van der Waals surface area (Å²) in [5, 5.41) is 7.38. The minimum Gasteiger partial charge on any atom is -0.468 e. The van der Waals surface area contributed by atoms with Gasteiger partial charge < -0.3 is 4.42 Å². The van der Waals surface area contributed by atoms with E-state index in [0.717, 1.165) is 0 Å². The van der Waals surface area contributed by atoms with Gasteiger partial charge in [0.05, 0.1) is 18.9 Å². The molecule has 76 valence electrons. The number of rotatable bonds is 4. The maximum absolute atomic E-state index is 11.3. The van der Waals surface area contributed by atoms with Gasteiger partial charge in [0, 0.05) is 0 Å². The fourth-order valence-corrected chi connectivity index (χ4v) is 1.51. The first kappa shape index (κ1) is 10.8. The summed E-state index contributed by atoms with van der Waals surface area (Å²) >= 11 is 0. The number of nitriles is 1. The van der Waals surface area contributed by atoms with Crippen LogP contribution in [0.3, 0.4) is 0 Å². The van der Waals surface area contributed by atoms with Gasteiger partial charge in [-0.25, -0.2) is 13.1 Å². The number of furan rings is 1. The van der Waals surface area contributed by atoms with E-state index in [2.05, 4.69) is 4.72 Å². The summed E-state index contributed by atoms with van der Waals surface area (Å²) in [6.07, 6.45) is 1.46. The Kier molecular flexibility index (Phi) is 3.28. The minimum atomic E-state index is -3.56. The number of hydrogen-bond acceptors (Lipinski definition) is 4. The van der Waals surface area contributed by atoms with Crippen molar-refractivity contribution in [1.29, 1.82) is 5.26 Å². The van der Waals surface area contributed by atoms with E-state index in [1.165, 1.54) is 13.2 Å². The lowest BCUT2D eigenvalue weighted by atomic mass is 10.5. The van der Waals surface area contributed by atoms with Gasteiger partial charge in [0.15, 0.2) is 5.25 Å². The molecule has 1 rings (SSSR count). The second kappa shape index (κ2) is 4.26. The second-order valence-electron chi connectivity index (χ2n) is 2.72. The van der Waals surface area contributed by atoms with Crippen LogP contribution in [0.15, 0.2) is 22.8 Å². The molecule has 5 nitrogen and oxygen atoms in total. The zero-order valence-corrected chi connectivity index (χ0v) is 8.41. The van der Waals surface area contributed by atoms with Gasteiger partial charge in [-0.1, -0.05) is 0 Å². The van der Waals surface area contributed by atoms with Gasteiger partial charge in [0.2, 0.25) is 10.0 Å². The molecule has 14 heavy (non-hydrogen) atoms. The van der Waals surface area contributed by atoms with Crippen LogP contribution < -0.4 is 4.72 Å². The third kappa shape index (κ3) is 2.58. The average molecular weight is 214 g/mol. The Morgan fingerprint density at radius 3 is 2.93 bits per heavy atom. The summed E-state index contributed by atoms with van der Waals surface area (Å²) in [5.74, 6) is 0.513. The molecule has 1 heterocycles. The van der Waals surface area contributed by atoms with Crippen LogP contribution in [-0.4, -0.2) is 13.7 Å². The number of nitrogens with zero attached hydrogens (tertiary/aromatic N) is 1. The van der Waals surface area contributed by atoms with Crippen LogP contribution in [0.2, 0.25) is 0 Å². The summed E-state index contributed by atoms with van der Waals surface area (Å²) in [4.78, 5) is 0. The highest BCUT2D eigenvalue weighted by Gasteiger charge is 2.19. The molecule has 1 aromatic heterocycles. The molecule has 0 saturated carbocycles. The molecule has 0 aliphatic heterocycles. The van der Waals surface area contributed by atoms with Crippen molar-refractivity contribution in [2.24, 2.45) is 0 Å². The Hall–Kier alpha value is -1.32. The molecule has 0 bridgehead atoms. The van der Waals surface area contributed by atoms with E-state index < -0.39 is 15.3 Å². The van der Waals surface area contributed by atoms with Gasteiger partial charge in [0.1, 0.15) is 5.76 Å². The largest absolute Gasteiger partial charge is 0.468 e. The van der Waals surface area contributed by atoms with E-state index >= 15 is 0 Å². The second-order valence-corrected chi connectivity index (χ2v) is 4.80. The number of nitrogens with one attached hydrogen (secondary N) is 1. The van der Waals surface area contributed by atoms with Gasteiger partial charge in [-0.2, -0.15) is 5.26 Å². The molecular formula is C8H10N2O3S. The van der Waals surface area contributed by atoms with Crippen molar-refractivity contribution < 1.29 is 12.8 Å². The molecule has 0 fully saturated rings. The number of hydrogen-bond donors (Lipinski definition) is 1. The number of sulfonamides is 1. The van der Waals surface area contributed by atoms with E-state index in [1.807, 2.05) is 0 Å². The molecular weight excluding hydrogens is 204 g/mol. The first-order valence-electron chi connectivity index (χ1n) is 3.97. The third-order valence-electron chi connectivity index (χ3n) is 1.67. The van der Waals surface area contributed by atoms with Crippen LogP contribution in [0.5, 0.6) is 0 Å². The van der Waals surface area contributed by atoms with Crippen molar-refractivity contribution in [1.82, 2.24) is 4.72 Å². The summed E-state index contributed by atoms with van der Waals surface area (Å²) < 4.78 is 29.8. The van der Waals surface area contributed by atoms with Crippen molar-refractivity contribution in [3.8, 4) is 6.07 Å². The molecule has 0 saturated heterocycles. The van der Waals surface area contributed by atoms with Gasteiger partial charge in [-0.05, 0) is 19.1 Å². The zero-order chi connectivity index (χ0) is 10.6. The molecule has 1 aromatic rings. The summed E-state index contributed by atoms with van der Waals surface area (Å²) in [7, 11) is -3.56. The molecule has 1 unspecified atom stereocenters. The molecule has 1 atom stereocenters. The Morgan fingerprint density at radius 1 is 1.71 bits per heavy atom. The average Bonchev–Trinajstić information content (AvgIpc) is 2.66. The van der Waals surface area contributed by atoms with Crippen LogP contribution in [-0.2, 0) is 16.6 Å². The van der Waals surface area contributed by atoms with Crippen LogP contribution in [0.4, 0.5) is 0 Å². The fraction of sp³-hybridized carbons (Fsp3) is 0.375. The van der Waals surface area contributed by atoms with Crippen LogP contribution in [0.1, 0.15) is 12.7 Å². The molecule has 6 heteroatoms. The van der Waals surface area contributed by atoms with Crippen molar-refractivity contribution >= 4 is 10.0 Å². The first-order valence-corrected chi connectivity index (χ1v) is 5.51. The van der Waals surface area contributed by atoms with Gasteiger partial charge in [0.25, 0.3) is 0 Å². The van der Waals surface area contributed by atoms with Crippen LogP contribution in [0.25, 0.3) is 0 Å². The van der Waals surface area contributed by atoms with E-state index in [-0.39, 0.29) is 6.54 Å². The molecule has 1 N–H and O–H groups in total. The van der Waals surface area contributed by atoms with Crippen LogP contribution in [0, 0.1) is 11.3 Å². The normalized spacial score (nSPS) is 13.4. The lowest BCUT2D eigenvalue weighted by molar-refractivity contribution is 0.498. The minimum absolute atomic E-state index is 0.0708. The highest BCUT2D eigenvalue weighted by molar-refractivity contribution is 7.90. The van der Waals surface area contributed by atoms with Gasteiger partial charge in [-0.15, -0.1) is 0 Å². The van der Waals surface area contributed by atoms with Crippen molar-refractivity contribution in [3.05, 3.63) is 24.2 Å². The molecule has 0 spiro atoms.